The molecule has 1 aliphatic rings. The Balaban J connectivity index is 0.000000323. The molecule has 0 aliphatic carbocycles. The van der Waals surface area contributed by atoms with E-state index in [1.54, 1.807) is 29.2 Å². The highest BCUT2D eigenvalue weighted by atomic mass is 35.5. The number of carbonyl (C=O) groups is 1. The zero-order valence-corrected chi connectivity index (χ0v) is 19.3. The van der Waals surface area contributed by atoms with Crippen LogP contribution in [-0.4, -0.2) is 38.6 Å². The van der Waals surface area contributed by atoms with Gasteiger partial charge in [-0.05, 0) is 25.0 Å². The zero-order chi connectivity index (χ0) is 22.7. The van der Waals surface area contributed by atoms with Crippen LogP contribution < -0.4 is 0 Å². The lowest BCUT2D eigenvalue weighted by Crippen LogP contribution is -2.34. The van der Waals surface area contributed by atoms with Crippen LogP contribution in [0.4, 0.5) is 0 Å². The van der Waals surface area contributed by atoms with E-state index in [-0.39, 0.29) is 12.5 Å². The molecule has 0 bridgehead atoms. The van der Waals surface area contributed by atoms with Crippen molar-refractivity contribution < 1.29 is 19.4 Å². The average molecular weight is 470 g/mol. The summed E-state index contributed by atoms with van der Waals surface area (Å²) in [4.78, 5) is 13.9. The van der Waals surface area contributed by atoms with E-state index < -0.39 is 11.8 Å². The molecule has 0 amide bonds. The molecule has 1 aromatic heterocycles. The first kappa shape index (κ1) is 25.3. The minimum atomic E-state index is -0.963. The third-order valence-electron chi connectivity index (χ3n) is 4.56. The highest BCUT2D eigenvalue weighted by Gasteiger charge is 2.45. The fourth-order valence-corrected chi connectivity index (χ4v) is 3.69. The highest BCUT2D eigenvalue weighted by molar-refractivity contribution is 6.35. The average Bonchev–Trinajstić information content (AvgIpc) is 3.37. The molecule has 0 spiro atoms. The van der Waals surface area contributed by atoms with Gasteiger partial charge in [-0.15, -0.1) is 0 Å². The fraction of sp³-hybridized carbons (Fsp3) is 0.500. The first-order valence-corrected chi connectivity index (χ1v) is 11.1. The molecule has 170 valence electrons. The number of rotatable bonds is 9. The summed E-state index contributed by atoms with van der Waals surface area (Å²) >= 11 is 12.4. The van der Waals surface area contributed by atoms with E-state index in [9.17, 15) is 4.79 Å². The van der Waals surface area contributed by atoms with Crippen molar-refractivity contribution in [3.8, 4) is 0 Å². The Morgan fingerprint density at radius 2 is 2.13 bits per heavy atom. The summed E-state index contributed by atoms with van der Waals surface area (Å²) in [6, 6.07) is 5.32. The van der Waals surface area contributed by atoms with Gasteiger partial charge in [-0.3, -0.25) is 4.79 Å². The second-order valence-electron chi connectivity index (χ2n) is 7.17. The van der Waals surface area contributed by atoms with Crippen LogP contribution >= 0.6 is 23.2 Å². The summed E-state index contributed by atoms with van der Waals surface area (Å²) in [7, 11) is 0. The van der Waals surface area contributed by atoms with Gasteiger partial charge in [-0.2, -0.15) is 5.10 Å². The van der Waals surface area contributed by atoms with Crippen LogP contribution in [0.15, 0.2) is 43.0 Å². The molecule has 0 radical (unpaired) electrons. The highest BCUT2D eigenvalue weighted by Crippen LogP contribution is 2.41. The van der Waals surface area contributed by atoms with Crippen LogP contribution in [0.3, 0.4) is 0 Å². The Morgan fingerprint density at radius 3 is 2.74 bits per heavy atom. The van der Waals surface area contributed by atoms with Crippen LogP contribution in [0.5, 0.6) is 0 Å². The third kappa shape index (κ3) is 7.92. The molecule has 3 rings (SSSR count). The molecule has 31 heavy (non-hydrogen) atoms. The number of carboxylic acid groups (broad SMARTS) is 1. The Kier molecular flexibility index (Phi) is 10.5. The maximum absolute atomic E-state index is 9.91. The minimum Gasteiger partial charge on any atom is -0.481 e. The Labute approximate surface area is 193 Å². The summed E-state index contributed by atoms with van der Waals surface area (Å²) in [5, 5.41) is 13.4. The predicted octanol–water partition coefficient (Wildman–Crippen LogP) is 5.47. The summed E-state index contributed by atoms with van der Waals surface area (Å²) in [6.45, 7) is 5.09. The van der Waals surface area contributed by atoms with Gasteiger partial charge in [0.25, 0.3) is 0 Å². The Hall–Kier alpha value is -1.93. The quantitative estimate of drug-likeness (QED) is 0.489. The van der Waals surface area contributed by atoms with Crippen molar-refractivity contribution in [2.75, 3.05) is 6.61 Å². The maximum atomic E-state index is 9.91. The summed E-state index contributed by atoms with van der Waals surface area (Å²) in [6.07, 6.45) is 10.9. The van der Waals surface area contributed by atoms with Crippen LogP contribution in [0.2, 0.25) is 10.0 Å². The molecule has 1 fully saturated rings. The molecule has 7 nitrogen and oxygen atoms in total. The summed E-state index contributed by atoms with van der Waals surface area (Å²) < 4.78 is 14.0. The molecule has 2 aromatic rings. The van der Waals surface area contributed by atoms with E-state index in [1.165, 1.54) is 6.33 Å². The maximum Gasteiger partial charge on any atom is 0.307 e. The molecule has 1 aliphatic heterocycles. The van der Waals surface area contributed by atoms with Crippen LogP contribution in [-0.2, 0) is 26.6 Å². The van der Waals surface area contributed by atoms with E-state index in [0.29, 0.717) is 23.2 Å². The molecule has 1 saturated heterocycles. The number of allylic oxidation sites excluding steroid dienone is 1. The zero-order valence-electron chi connectivity index (χ0n) is 17.8. The molecule has 1 N–H and O–H groups in total. The van der Waals surface area contributed by atoms with Gasteiger partial charge >= 0.3 is 5.97 Å². The van der Waals surface area contributed by atoms with E-state index >= 15 is 0 Å². The SMILES string of the molecule is CCCC1COC(Cn2cncn2)(c2ccc(Cl)cc2Cl)O1.CCCC=CCC(=O)O. The first-order chi connectivity index (χ1) is 14.9. The van der Waals surface area contributed by atoms with Crippen molar-refractivity contribution in [3.05, 3.63) is 58.6 Å². The number of benzene rings is 1. The van der Waals surface area contributed by atoms with Crippen LogP contribution in [0.1, 0.15) is 51.5 Å². The van der Waals surface area contributed by atoms with Gasteiger partial charge in [0, 0.05) is 10.6 Å². The molecular formula is C22H29Cl2N3O4. The second kappa shape index (κ2) is 12.8. The lowest BCUT2D eigenvalue weighted by molar-refractivity contribution is -0.189. The van der Waals surface area contributed by atoms with Gasteiger partial charge in [0.15, 0.2) is 0 Å². The van der Waals surface area contributed by atoms with E-state index in [0.717, 1.165) is 31.2 Å². The van der Waals surface area contributed by atoms with E-state index in [2.05, 4.69) is 23.9 Å². The minimum absolute atomic E-state index is 0.0419. The number of halogens is 2. The number of hydrogen-bond donors (Lipinski definition) is 1. The van der Waals surface area contributed by atoms with Crippen molar-refractivity contribution >= 4 is 29.2 Å². The van der Waals surface area contributed by atoms with Crippen molar-refractivity contribution in [1.29, 1.82) is 0 Å². The van der Waals surface area contributed by atoms with Gasteiger partial charge in [-0.1, -0.05) is 68.1 Å². The predicted molar refractivity (Wildman–Crippen MR) is 120 cm³/mol. The number of ether oxygens (including phenoxy) is 2. The lowest BCUT2D eigenvalue weighted by atomic mass is 10.1. The number of aromatic nitrogens is 3. The Morgan fingerprint density at radius 1 is 1.32 bits per heavy atom. The molecule has 2 unspecified atom stereocenters. The van der Waals surface area contributed by atoms with Crippen LogP contribution in [0.25, 0.3) is 0 Å². The largest absolute Gasteiger partial charge is 0.481 e. The molecular weight excluding hydrogens is 441 g/mol. The normalized spacial score (nSPS) is 20.6. The van der Waals surface area contributed by atoms with Gasteiger partial charge in [0.05, 0.1) is 24.2 Å². The molecule has 2 atom stereocenters. The third-order valence-corrected chi connectivity index (χ3v) is 5.11. The lowest BCUT2D eigenvalue weighted by Gasteiger charge is -2.29. The van der Waals surface area contributed by atoms with Crippen molar-refractivity contribution in [2.24, 2.45) is 0 Å². The number of carboxylic acids is 1. The van der Waals surface area contributed by atoms with Crippen molar-refractivity contribution in [2.45, 2.75) is 64.4 Å². The number of aliphatic carboxylic acids is 1. The van der Waals surface area contributed by atoms with Crippen molar-refractivity contribution in [3.63, 3.8) is 0 Å². The topological polar surface area (TPSA) is 86.5 Å². The summed E-state index contributed by atoms with van der Waals surface area (Å²) in [5.41, 5.74) is 0.757. The first-order valence-electron chi connectivity index (χ1n) is 10.4. The van der Waals surface area contributed by atoms with Crippen molar-refractivity contribution in [1.82, 2.24) is 14.8 Å². The monoisotopic (exact) mass is 469 g/mol. The second-order valence-corrected chi connectivity index (χ2v) is 8.01. The van der Waals surface area contributed by atoms with Gasteiger partial charge in [-0.25, -0.2) is 9.67 Å². The standard InChI is InChI=1S/C15H17Cl2N3O2.C7H12O2/c1-2-3-12-7-21-15(22-12,8-20-10-18-9-19-20)13-5-4-11(16)6-14(13)17;1-2-3-4-5-6-7(8)9/h4-6,9-10,12H,2-3,7-8H2,1H3;4-5H,2-3,6H2,1H3,(H,8,9). The molecule has 1 aromatic carbocycles. The van der Waals surface area contributed by atoms with Crippen LogP contribution in [0, 0.1) is 0 Å². The van der Waals surface area contributed by atoms with E-state index in [1.807, 2.05) is 12.1 Å². The van der Waals surface area contributed by atoms with Gasteiger partial charge in [0.2, 0.25) is 5.79 Å². The van der Waals surface area contributed by atoms with E-state index in [4.69, 9.17) is 37.8 Å². The van der Waals surface area contributed by atoms with Gasteiger partial charge < -0.3 is 14.6 Å². The summed E-state index contributed by atoms with van der Waals surface area (Å²) in [5.74, 6) is -1.72. The van der Waals surface area contributed by atoms with Gasteiger partial charge in [0.1, 0.15) is 19.2 Å². The number of hydrogen-bond acceptors (Lipinski definition) is 5. The number of unbranched alkanes of at least 4 members (excludes halogenated alkanes) is 1. The molecule has 0 saturated carbocycles. The fourth-order valence-electron chi connectivity index (χ4n) is 3.13. The smallest absolute Gasteiger partial charge is 0.307 e. The molecule has 9 heteroatoms. The molecule has 2 heterocycles. The number of nitrogens with zero attached hydrogens (tertiary/aromatic N) is 3. The Bertz CT molecular complexity index is 845.